The molecule has 0 saturated carbocycles. The van der Waals surface area contributed by atoms with Crippen molar-refractivity contribution in [1.29, 1.82) is 0 Å². The number of nitrogens with zero attached hydrogens (tertiary/aromatic N) is 2. The number of piperidine rings is 1. The Balaban J connectivity index is 1.58. The average Bonchev–Trinajstić information content (AvgIpc) is 2.86. The summed E-state index contributed by atoms with van der Waals surface area (Å²) >= 11 is 6.19. The van der Waals surface area contributed by atoms with E-state index in [1.165, 1.54) is 6.42 Å². The molecule has 6 nitrogen and oxygen atoms in total. The minimum atomic E-state index is -0.421. The highest BCUT2D eigenvalue weighted by Gasteiger charge is 2.37. The van der Waals surface area contributed by atoms with Crippen molar-refractivity contribution in [2.24, 2.45) is 0 Å². The molecular weight excluding hydrogens is 464 g/mol. The van der Waals surface area contributed by atoms with Gasteiger partial charge in [0.25, 0.3) is 5.91 Å². The first-order valence-corrected chi connectivity index (χ1v) is 12.6. The SMILES string of the molecule is CCOC(=O)C1=C(C)N(Cc2ccc(C(=O)N3CCCCC3)cc2)C(=O)CC1c1cccc(Cl)c1. The van der Waals surface area contributed by atoms with Gasteiger partial charge in [-0.2, -0.15) is 0 Å². The van der Waals surface area contributed by atoms with E-state index in [9.17, 15) is 14.4 Å². The molecule has 0 radical (unpaired) electrons. The number of amides is 2. The summed E-state index contributed by atoms with van der Waals surface area (Å²) in [5.74, 6) is -0.861. The van der Waals surface area contributed by atoms with E-state index < -0.39 is 11.9 Å². The molecule has 2 heterocycles. The third kappa shape index (κ3) is 5.59. The maximum atomic E-state index is 13.2. The predicted octanol–water partition coefficient (Wildman–Crippen LogP) is 5.32. The summed E-state index contributed by atoms with van der Waals surface area (Å²) in [5.41, 5.74) is 3.41. The lowest BCUT2D eigenvalue weighted by molar-refractivity contribution is -0.140. The summed E-state index contributed by atoms with van der Waals surface area (Å²) in [6, 6.07) is 14.7. The lowest BCUT2D eigenvalue weighted by atomic mass is 9.83. The van der Waals surface area contributed by atoms with E-state index in [0.29, 0.717) is 28.4 Å². The molecule has 2 aliphatic heterocycles. The molecule has 1 atom stereocenters. The molecule has 1 unspecified atom stereocenters. The van der Waals surface area contributed by atoms with Crippen molar-refractivity contribution < 1.29 is 19.1 Å². The molecule has 1 saturated heterocycles. The van der Waals surface area contributed by atoms with Gasteiger partial charge in [0, 0.05) is 41.7 Å². The highest BCUT2D eigenvalue weighted by molar-refractivity contribution is 6.30. The maximum Gasteiger partial charge on any atom is 0.336 e. The van der Waals surface area contributed by atoms with Crippen LogP contribution in [0.5, 0.6) is 0 Å². The number of rotatable bonds is 6. The van der Waals surface area contributed by atoms with Crippen LogP contribution in [0, 0.1) is 0 Å². The summed E-state index contributed by atoms with van der Waals surface area (Å²) < 4.78 is 5.36. The fourth-order valence-corrected chi connectivity index (χ4v) is 5.10. The molecule has 184 valence electrons. The van der Waals surface area contributed by atoms with Crippen LogP contribution in [0.15, 0.2) is 59.8 Å². The summed E-state index contributed by atoms with van der Waals surface area (Å²) in [5, 5.41) is 0.553. The zero-order valence-electron chi connectivity index (χ0n) is 20.3. The summed E-state index contributed by atoms with van der Waals surface area (Å²) in [6.07, 6.45) is 3.42. The predicted molar refractivity (Wildman–Crippen MR) is 135 cm³/mol. The number of halogens is 1. The molecule has 0 aromatic heterocycles. The molecule has 4 rings (SSSR count). The second-order valence-corrected chi connectivity index (χ2v) is 9.50. The molecule has 2 aromatic rings. The Morgan fingerprint density at radius 2 is 1.77 bits per heavy atom. The van der Waals surface area contributed by atoms with E-state index in [1.807, 2.05) is 41.3 Å². The van der Waals surface area contributed by atoms with Gasteiger partial charge in [-0.25, -0.2) is 4.79 Å². The fraction of sp³-hybridized carbons (Fsp3) is 0.393. The molecule has 0 N–H and O–H groups in total. The molecule has 0 aliphatic carbocycles. The number of hydrogen-bond acceptors (Lipinski definition) is 4. The van der Waals surface area contributed by atoms with Crippen LogP contribution in [0.4, 0.5) is 0 Å². The fourth-order valence-electron chi connectivity index (χ4n) is 4.90. The zero-order valence-corrected chi connectivity index (χ0v) is 21.0. The molecule has 35 heavy (non-hydrogen) atoms. The number of allylic oxidation sites excluding steroid dienone is 1. The monoisotopic (exact) mass is 494 g/mol. The molecule has 1 fully saturated rings. The van der Waals surface area contributed by atoms with Gasteiger partial charge >= 0.3 is 5.97 Å². The van der Waals surface area contributed by atoms with Crippen molar-refractivity contribution in [2.45, 2.75) is 52.0 Å². The number of carbonyl (C=O) groups excluding carboxylic acids is 3. The average molecular weight is 495 g/mol. The van der Waals surface area contributed by atoms with Crippen LogP contribution in [0.2, 0.25) is 5.02 Å². The third-order valence-electron chi connectivity index (χ3n) is 6.75. The second-order valence-electron chi connectivity index (χ2n) is 9.06. The van der Waals surface area contributed by atoms with E-state index in [4.69, 9.17) is 16.3 Å². The lowest BCUT2D eigenvalue weighted by Crippen LogP contribution is -2.38. The molecule has 2 aliphatic rings. The van der Waals surface area contributed by atoms with E-state index >= 15 is 0 Å². The van der Waals surface area contributed by atoms with Gasteiger partial charge in [-0.15, -0.1) is 0 Å². The first-order chi connectivity index (χ1) is 16.9. The first kappa shape index (κ1) is 25.0. The van der Waals surface area contributed by atoms with Crippen molar-refractivity contribution in [2.75, 3.05) is 19.7 Å². The van der Waals surface area contributed by atoms with Crippen LogP contribution < -0.4 is 0 Å². The van der Waals surface area contributed by atoms with Gasteiger partial charge < -0.3 is 14.5 Å². The van der Waals surface area contributed by atoms with Gasteiger partial charge in [0.05, 0.1) is 18.7 Å². The van der Waals surface area contributed by atoms with Crippen molar-refractivity contribution in [3.05, 3.63) is 81.5 Å². The van der Waals surface area contributed by atoms with Crippen LogP contribution in [0.3, 0.4) is 0 Å². The number of ether oxygens (including phenoxy) is 1. The Kier molecular flexibility index (Phi) is 7.91. The van der Waals surface area contributed by atoms with Gasteiger partial charge in [0.1, 0.15) is 0 Å². The van der Waals surface area contributed by atoms with E-state index in [0.717, 1.165) is 37.1 Å². The van der Waals surface area contributed by atoms with Gasteiger partial charge in [0.2, 0.25) is 5.91 Å². The zero-order chi connectivity index (χ0) is 24.9. The quantitative estimate of drug-likeness (QED) is 0.510. The molecular formula is C28H31ClN2O4. The number of esters is 1. The number of hydrogen-bond donors (Lipinski definition) is 0. The van der Waals surface area contributed by atoms with Gasteiger partial charge in [-0.1, -0.05) is 35.9 Å². The third-order valence-corrected chi connectivity index (χ3v) is 6.99. The number of benzene rings is 2. The van der Waals surface area contributed by atoms with E-state index in [2.05, 4.69) is 0 Å². The minimum Gasteiger partial charge on any atom is -0.463 e. The highest BCUT2D eigenvalue weighted by Crippen LogP contribution is 2.38. The summed E-state index contributed by atoms with van der Waals surface area (Å²) in [6.45, 7) is 5.72. The minimum absolute atomic E-state index is 0.0512. The van der Waals surface area contributed by atoms with E-state index in [-0.39, 0.29) is 24.8 Å². The van der Waals surface area contributed by atoms with Crippen molar-refractivity contribution in [3.63, 3.8) is 0 Å². The van der Waals surface area contributed by atoms with Crippen LogP contribution in [0.1, 0.15) is 66.9 Å². The standard InChI is InChI=1S/C28H31ClN2O4/c1-3-35-28(34)26-19(2)31(25(32)17-24(26)22-8-7-9-23(29)16-22)18-20-10-12-21(13-11-20)27(33)30-14-5-4-6-15-30/h7-13,16,24H,3-6,14-15,17-18H2,1-2H3. The van der Waals surface area contributed by atoms with Crippen molar-refractivity contribution in [3.8, 4) is 0 Å². The van der Waals surface area contributed by atoms with Gasteiger partial charge in [-0.05, 0) is 68.5 Å². The first-order valence-electron chi connectivity index (χ1n) is 12.2. The molecule has 2 amide bonds. The Labute approximate surface area is 211 Å². The Morgan fingerprint density at radius 1 is 1.06 bits per heavy atom. The lowest BCUT2D eigenvalue weighted by Gasteiger charge is -2.34. The topological polar surface area (TPSA) is 66.9 Å². The maximum absolute atomic E-state index is 13.2. The van der Waals surface area contributed by atoms with Gasteiger partial charge in [0.15, 0.2) is 0 Å². The highest BCUT2D eigenvalue weighted by atomic mass is 35.5. The van der Waals surface area contributed by atoms with E-state index in [1.54, 1.807) is 30.9 Å². The Morgan fingerprint density at radius 3 is 2.43 bits per heavy atom. The molecule has 0 spiro atoms. The van der Waals surface area contributed by atoms with Crippen LogP contribution in [-0.2, 0) is 20.9 Å². The molecule has 2 aromatic carbocycles. The van der Waals surface area contributed by atoms with Crippen LogP contribution in [0.25, 0.3) is 0 Å². The normalized spacial score (nSPS) is 18.6. The van der Waals surface area contributed by atoms with Gasteiger partial charge in [-0.3, -0.25) is 9.59 Å². The smallest absolute Gasteiger partial charge is 0.336 e. The molecule has 7 heteroatoms. The number of likely N-dealkylation sites (tertiary alicyclic amines) is 1. The second kappa shape index (κ2) is 11.1. The van der Waals surface area contributed by atoms with Crippen molar-refractivity contribution in [1.82, 2.24) is 9.80 Å². The van der Waals surface area contributed by atoms with Crippen LogP contribution in [-0.4, -0.2) is 47.3 Å². The molecule has 0 bridgehead atoms. The Bertz CT molecular complexity index is 1140. The summed E-state index contributed by atoms with van der Waals surface area (Å²) in [7, 11) is 0. The van der Waals surface area contributed by atoms with Crippen LogP contribution >= 0.6 is 11.6 Å². The largest absolute Gasteiger partial charge is 0.463 e. The Hall–Kier alpha value is -3.12. The number of carbonyl (C=O) groups is 3. The van der Waals surface area contributed by atoms with Crippen molar-refractivity contribution >= 4 is 29.4 Å². The summed E-state index contributed by atoms with van der Waals surface area (Å²) in [4.78, 5) is 42.5.